The van der Waals surface area contributed by atoms with Crippen LogP contribution >= 0.6 is 46.7 Å². The van der Waals surface area contributed by atoms with Crippen LogP contribution in [-0.2, 0) is 24.7 Å². The number of nitrogens with zero attached hydrogens (tertiary/aromatic N) is 4. The number of rotatable bonds is 6. The van der Waals surface area contributed by atoms with Gasteiger partial charge < -0.3 is 4.57 Å². The molecule has 11 heteroatoms. The van der Waals surface area contributed by atoms with Crippen molar-refractivity contribution in [1.82, 2.24) is 19.7 Å². The van der Waals surface area contributed by atoms with Crippen LogP contribution in [0, 0.1) is 0 Å². The Bertz CT molecular complexity index is 1260. The predicted molar refractivity (Wildman–Crippen MR) is 123 cm³/mol. The molecule has 0 unspecified atom stereocenters. The fourth-order valence-corrected chi connectivity index (χ4v) is 5.68. The number of thioether (sulfide) groups is 2. The number of benzene rings is 2. The first kappa shape index (κ1) is 23.2. The second kappa shape index (κ2) is 9.51. The van der Waals surface area contributed by atoms with Gasteiger partial charge in [0.15, 0.2) is 5.16 Å². The Kier molecular flexibility index (Phi) is 6.90. The standard InChI is InChI=1S/C21H15Cl2F3N4S2/c1-30-19(28-29-20(30)32-10-13-14(22)6-4-7-15(13)23)11-31-17-9-18(21(24,25)26)27-16-8-3-2-5-12(16)17/h2-9H,10-11H2,1H3. The average Bonchev–Trinajstić information content (AvgIpc) is 3.10. The molecule has 2 aromatic carbocycles. The molecule has 0 atom stereocenters. The molecule has 0 aliphatic rings. The van der Waals surface area contributed by atoms with Crippen molar-refractivity contribution in [2.75, 3.05) is 0 Å². The maximum Gasteiger partial charge on any atom is 0.433 e. The minimum atomic E-state index is -4.52. The largest absolute Gasteiger partial charge is 0.433 e. The van der Waals surface area contributed by atoms with Gasteiger partial charge in [-0.25, -0.2) is 4.98 Å². The highest BCUT2D eigenvalue weighted by molar-refractivity contribution is 7.99. The average molecular weight is 515 g/mol. The van der Waals surface area contributed by atoms with Gasteiger partial charge in [-0.1, -0.05) is 59.2 Å². The predicted octanol–water partition coefficient (Wildman–Crippen LogP) is 7.27. The fraction of sp³-hybridized carbons (Fsp3) is 0.190. The number of pyridine rings is 1. The van der Waals surface area contributed by atoms with E-state index in [-0.39, 0.29) is 0 Å². The van der Waals surface area contributed by atoms with Gasteiger partial charge in [-0.15, -0.1) is 22.0 Å². The first-order valence-electron chi connectivity index (χ1n) is 9.28. The number of alkyl halides is 3. The third-order valence-electron chi connectivity index (χ3n) is 4.66. The summed E-state index contributed by atoms with van der Waals surface area (Å²) in [6, 6.07) is 13.2. The van der Waals surface area contributed by atoms with Crippen molar-refractivity contribution in [2.24, 2.45) is 7.05 Å². The number of halogens is 5. The summed E-state index contributed by atoms with van der Waals surface area (Å²) in [4.78, 5) is 4.24. The summed E-state index contributed by atoms with van der Waals surface area (Å²) >= 11 is 15.1. The van der Waals surface area contributed by atoms with Crippen LogP contribution < -0.4 is 0 Å². The number of fused-ring (bicyclic) bond motifs is 1. The van der Waals surface area contributed by atoms with Gasteiger partial charge in [0.2, 0.25) is 0 Å². The minimum absolute atomic E-state index is 0.302. The molecular formula is C21H15Cl2F3N4S2. The van der Waals surface area contributed by atoms with Crippen LogP contribution in [-0.4, -0.2) is 19.7 Å². The molecule has 166 valence electrons. The number of para-hydroxylation sites is 1. The van der Waals surface area contributed by atoms with Gasteiger partial charge in [0.1, 0.15) is 11.5 Å². The van der Waals surface area contributed by atoms with Crippen LogP contribution in [0.4, 0.5) is 13.2 Å². The molecule has 0 spiro atoms. The minimum Gasteiger partial charge on any atom is -0.308 e. The van der Waals surface area contributed by atoms with Crippen molar-refractivity contribution in [3.05, 3.63) is 75.7 Å². The van der Waals surface area contributed by atoms with Crippen molar-refractivity contribution in [3.63, 3.8) is 0 Å². The molecule has 0 amide bonds. The maximum absolute atomic E-state index is 13.3. The van der Waals surface area contributed by atoms with Crippen LogP contribution in [0.2, 0.25) is 10.0 Å². The Morgan fingerprint density at radius 2 is 1.66 bits per heavy atom. The summed E-state index contributed by atoms with van der Waals surface area (Å²) in [6.07, 6.45) is -4.52. The molecule has 0 fully saturated rings. The van der Waals surface area contributed by atoms with E-state index in [2.05, 4.69) is 15.2 Å². The first-order chi connectivity index (χ1) is 15.2. The van der Waals surface area contributed by atoms with Crippen molar-refractivity contribution >= 4 is 57.6 Å². The summed E-state index contributed by atoms with van der Waals surface area (Å²) < 4.78 is 41.7. The summed E-state index contributed by atoms with van der Waals surface area (Å²) in [5.41, 5.74) is 0.197. The lowest BCUT2D eigenvalue weighted by atomic mass is 10.2. The molecule has 32 heavy (non-hydrogen) atoms. The van der Waals surface area contributed by atoms with Crippen molar-refractivity contribution in [1.29, 1.82) is 0 Å². The smallest absolute Gasteiger partial charge is 0.308 e. The third-order valence-corrected chi connectivity index (χ3v) is 7.46. The van der Waals surface area contributed by atoms with E-state index in [4.69, 9.17) is 23.2 Å². The highest BCUT2D eigenvalue weighted by atomic mass is 35.5. The van der Waals surface area contributed by atoms with Crippen LogP contribution in [0.1, 0.15) is 17.1 Å². The monoisotopic (exact) mass is 514 g/mol. The van der Waals surface area contributed by atoms with Gasteiger partial charge in [0.25, 0.3) is 0 Å². The zero-order valence-corrected chi connectivity index (χ0v) is 19.7. The van der Waals surface area contributed by atoms with Gasteiger partial charge in [-0.3, -0.25) is 0 Å². The van der Waals surface area contributed by atoms with E-state index < -0.39 is 11.9 Å². The molecule has 0 radical (unpaired) electrons. The van der Waals surface area contributed by atoms with Gasteiger partial charge in [0.05, 0.1) is 11.3 Å². The molecule has 0 saturated heterocycles. The highest BCUT2D eigenvalue weighted by Crippen LogP contribution is 2.36. The molecular weight excluding hydrogens is 500 g/mol. The van der Waals surface area contributed by atoms with Crippen LogP contribution in [0.25, 0.3) is 10.9 Å². The lowest BCUT2D eigenvalue weighted by molar-refractivity contribution is -0.141. The third kappa shape index (κ3) is 5.01. The molecule has 0 aliphatic heterocycles. The Hall–Kier alpha value is -1.94. The topological polar surface area (TPSA) is 43.6 Å². The first-order valence-corrected chi connectivity index (χ1v) is 12.0. The van der Waals surface area contributed by atoms with E-state index in [0.717, 1.165) is 11.6 Å². The van der Waals surface area contributed by atoms with Gasteiger partial charge >= 0.3 is 6.18 Å². The molecule has 2 heterocycles. The Morgan fingerprint density at radius 1 is 0.938 bits per heavy atom. The number of hydrogen-bond donors (Lipinski definition) is 0. The summed E-state index contributed by atoms with van der Waals surface area (Å²) in [6.45, 7) is 0. The quantitative estimate of drug-likeness (QED) is 0.253. The van der Waals surface area contributed by atoms with Crippen LogP contribution in [0.15, 0.2) is 58.6 Å². The Morgan fingerprint density at radius 3 is 2.38 bits per heavy atom. The zero-order valence-electron chi connectivity index (χ0n) is 16.5. The molecule has 0 bridgehead atoms. The lowest BCUT2D eigenvalue weighted by Gasteiger charge is -2.11. The van der Waals surface area contributed by atoms with E-state index in [9.17, 15) is 13.2 Å². The zero-order chi connectivity index (χ0) is 22.9. The summed E-state index contributed by atoms with van der Waals surface area (Å²) in [5.74, 6) is 1.50. The number of hydrogen-bond acceptors (Lipinski definition) is 5. The Labute approximate surface area is 200 Å². The highest BCUT2D eigenvalue weighted by Gasteiger charge is 2.33. The van der Waals surface area contributed by atoms with Crippen LogP contribution in [0.5, 0.6) is 0 Å². The van der Waals surface area contributed by atoms with Gasteiger partial charge in [-0.2, -0.15) is 13.2 Å². The van der Waals surface area contributed by atoms with Gasteiger partial charge in [0, 0.05) is 33.1 Å². The lowest BCUT2D eigenvalue weighted by Crippen LogP contribution is -2.08. The van der Waals surface area contributed by atoms with Crippen molar-refractivity contribution < 1.29 is 13.2 Å². The summed E-state index contributed by atoms with van der Waals surface area (Å²) in [7, 11) is 1.82. The molecule has 0 N–H and O–H groups in total. The number of aromatic nitrogens is 4. The molecule has 4 nitrogen and oxygen atoms in total. The fourth-order valence-electron chi connectivity index (χ4n) is 2.95. The second-order valence-electron chi connectivity index (χ2n) is 6.76. The van der Waals surface area contributed by atoms with E-state index in [0.29, 0.717) is 48.3 Å². The SMILES string of the molecule is Cn1c(CSc2cc(C(F)(F)F)nc3ccccc23)nnc1SCc1c(Cl)cccc1Cl. The van der Waals surface area contributed by atoms with Gasteiger partial charge in [-0.05, 0) is 29.8 Å². The maximum atomic E-state index is 13.3. The van der Waals surface area contributed by atoms with Crippen molar-refractivity contribution in [2.45, 2.75) is 27.7 Å². The Balaban J connectivity index is 1.53. The van der Waals surface area contributed by atoms with E-state index in [1.807, 2.05) is 11.6 Å². The van der Waals surface area contributed by atoms with E-state index in [1.54, 1.807) is 42.5 Å². The van der Waals surface area contributed by atoms with Crippen molar-refractivity contribution in [3.8, 4) is 0 Å². The van der Waals surface area contributed by atoms with Crippen LogP contribution in [0.3, 0.4) is 0 Å². The molecule has 4 rings (SSSR count). The molecule has 2 aromatic heterocycles. The molecule has 4 aromatic rings. The van der Waals surface area contributed by atoms with E-state index in [1.165, 1.54) is 23.5 Å². The second-order valence-corrected chi connectivity index (χ2v) is 9.53. The summed E-state index contributed by atoms with van der Waals surface area (Å²) in [5, 5.41) is 10.9. The molecule has 0 saturated carbocycles. The normalized spacial score (nSPS) is 11.9. The molecule has 0 aliphatic carbocycles. The van der Waals surface area contributed by atoms with E-state index >= 15 is 0 Å².